The molecule has 2 nitrogen and oxygen atoms in total. The van der Waals surface area contributed by atoms with Gasteiger partial charge in [0.05, 0.1) is 5.69 Å². The minimum Gasteiger partial charge on any atom is -0.358 e. The summed E-state index contributed by atoms with van der Waals surface area (Å²) in [5.41, 5.74) is 0.183. The Balaban J connectivity index is 2.93. The van der Waals surface area contributed by atoms with E-state index >= 15 is 0 Å². The van der Waals surface area contributed by atoms with Crippen LogP contribution in [0.4, 0.5) is 13.2 Å². The van der Waals surface area contributed by atoms with Crippen molar-refractivity contribution in [2.45, 2.75) is 13.1 Å². The Bertz CT molecular complexity index is 300. The maximum absolute atomic E-state index is 11.8. The number of carbonyl (C=O) groups excluding carboxylic acids is 1. The van der Waals surface area contributed by atoms with E-state index in [2.05, 4.69) is 4.98 Å². The van der Waals surface area contributed by atoms with Gasteiger partial charge in [-0.1, -0.05) is 0 Å². The average molecular weight is 177 g/mol. The molecule has 0 aliphatic rings. The molecule has 0 fully saturated rings. The largest absolute Gasteiger partial charge is 0.456 e. The summed E-state index contributed by atoms with van der Waals surface area (Å²) in [7, 11) is 0. The van der Waals surface area contributed by atoms with Gasteiger partial charge in [0.2, 0.25) is 0 Å². The summed E-state index contributed by atoms with van der Waals surface area (Å²) in [5.74, 6) is -1.84. The fourth-order valence-corrected chi connectivity index (χ4v) is 0.786. The van der Waals surface area contributed by atoms with Crippen molar-refractivity contribution in [1.29, 1.82) is 0 Å². The normalized spacial score (nSPS) is 11.7. The van der Waals surface area contributed by atoms with Crippen molar-refractivity contribution in [3.05, 3.63) is 23.5 Å². The lowest BCUT2D eigenvalue weighted by molar-refractivity contribution is -0.0887. The Morgan fingerprint density at radius 3 is 2.42 bits per heavy atom. The topological polar surface area (TPSA) is 32.9 Å². The molecule has 1 aromatic rings. The molecule has 0 spiro atoms. The van der Waals surface area contributed by atoms with Gasteiger partial charge >= 0.3 is 6.18 Å². The van der Waals surface area contributed by atoms with Gasteiger partial charge in [-0.25, -0.2) is 0 Å². The molecular formula is C7H6F3NO. The van der Waals surface area contributed by atoms with E-state index < -0.39 is 17.7 Å². The van der Waals surface area contributed by atoms with E-state index in [9.17, 15) is 18.0 Å². The van der Waals surface area contributed by atoms with Crippen LogP contribution < -0.4 is 0 Å². The first kappa shape index (κ1) is 8.83. The number of aromatic nitrogens is 1. The molecule has 1 heterocycles. The number of halogens is 3. The minimum atomic E-state index is -4.79. The number of ketones is 1. The smallest absolute Gasteiger partial charge is 0.358 e. The van der Waals surface area contributed by atoms with E-state index in [-0.39, 0.29) is 0 Å². The highest BCUT2D eigenvalue weighted by atomic mass is 19.4. The summed E-state index contributed by atoms with van der Waals surface area (Å²) in [4.78, 5) is 12.8. The lowest BCUT2D eigenvalue weighted by atomic mass is 10.2. The van der Waals surface area contributed by atoms with Gasteiger partial charge in [-0.3, -0.25) is 4.79 Å². The van der Waals surface area contributed by atoms with E-state index in [1.165, 1.54) is 6.20 Å². The van der Waals surface area contributed by atoms with Gasteiger partial charge in [-0.15, -0.1) is 0 Å². The number of hydrogen-bond donors (Lipinski definition) is 1. The second-order valence-corrected chi connectivity index (χ2v) is 2.42. The van der Waals surface area contributed by atoms with Gasteiger partial charge in [0, 0.05) is 6.20 Å². The third-order valence-electron chi connectivity index (χ3n) is 1.33. The molecule has 0 saturated carbocycles. The van der Waals surface area contributed by atoms with E-state index in [1.54, 1.807) is 6.92 Å². The molecule has 0 unspecified atom stereocenters. The van der Waals surface area contributed by atoms with Gasteiger partial charge in [0.25, 0.3) is 5.78 Å². The van der Waals surface area contributed by atoms with Crippen molar-refractivity contribution in [3.8, 4) is 0 Å². The summed E-state index contributed by atoms with van der Waals surface area (Å²) >= 11 is 0. The molecule has 0 aliphatic heterocycles. The molecule has 0 saturated heterocycles. The first-order chi connectivity index (χ1) is 5.41. The predicted octanol–water partition coefficient (Wildman–Crippen LogP) is 2.07. The summed E-state index contributed by atoms with van der Waals surface area (Å²) in [6.07, 6.45) is -3.45. The number of carbonyl (C=O) groups is 1. The van der Waals surface area contributed by atoms with Crippen molar-refractivity contribution in [2.75, 3.05) is 0 Å². The number of aryl methyl sites for hydroxylation is 1. The molecule has 5 heteroatoms. The molecule has 12 heavy (non-hydrogen) atoms. The highest BCUT2D eigenvalue weighted by Gasteiger charge is 2.39. The number of hydrogen-bond acceptors (Lipinski definition) is 1. The van der Waals surface area contributed by atoms with E-state index in [0.717, 1.165) is 6.07 Å². The summed E-state index contributed by atoms with van der Waals surface area (Å²) in [5, 5.41) is 0. The maximum atomic E-state index is 11.8. The fraction of sp³-hybridized carbons (Fsp3) is 0.286. The number of nitrogens with one attached hydrogen (secondary N) is 1. The van der Waals surface area contributed by atoms with Crippen LogP contribution in [0.15, 0.2) is 12.3 Å². The van der Waals surface area contributed by atoms with Crippen molar-refractivity contribution >= 4 is 5.78 Å². The fourth-order valence-electron chi connectivity index (χ4n) is 0.786. The van der Waals surface area contributed by atoms with Gasteiger partial charge < -0.3 is 4.98 Å². The van der Waals surface area contributed by atoms with Crippen LogP contribution in [0.2, 0.25) is 0 Å². The molecular weight excluding hydrogens is 171 g/mol. The standard InChI is InChI=1S/C7H6F3NO/c1-4-2-5(11-3-4)6(12)7(8,9)10/h2-3,11H,1H3. The maximum Gasteiger partial charge on any atom is 0.456 e. The van der Waals surface area contributed by atoms with Crippen LogP contribution in [-0.4, -0.2) is 16.9 Å². The minimum absolute atomic E-state index is 0.417. The third-order valence-corrected chi connectivity index (χ3v) is 1.33. The second-order valence-electron chi connectivity index (χ2n) is 2.42. The number of aromatic amines is 1. The van der Waals surface area contributed by atoms with Gasteiger partial charge in [0.15, 0.2) is 0 Å². The lowest BCUT2D eigenvalue weighted by Crippen LogP contribution is -2.22. The van der Waals surface area contributed by atoms with Crippen molar-refractivity contribution in [2.24, 2.45) is 0 Å². The molecule has 0 bridgehead atoms. The van der Waals surface area contributed by atoms with Crippen LogP contribution in [-0.2, 0) is 0 Å². The molecule has 0 amide bonds. The zero-order chi connectivity index (χ0) is 9.35. The second kappa shape index (κ2) is 2.66. The summed E-state index contributed by atoms with van der Waals surface area (Å²) in [6, 6.07) is 1.16. The van der Waals surface area contributed by atoms with Gasteiger partial charge in [-0.05, 0) is 18.6 Å². The summed E-state index contributed by atoms with van der Waals surface area (Å²) < 4.78 is 35.3. The molecule has 1 rings (SSSR count). The van der Waals surface area contributed by atoms with Crippen molar-refractivity contribution in [1.82, 2.24) is 4.98 Å². The van der Waals surface area contributed by atoms with E-state index in [1.807, 2.05) is 0 Å². The van der Waals surface area contributed by atoms with E-state index in [4.69, 9.17) is 0 Å². The van der Waals surface area contributed by atoms with Gasteiger partial charge in [0.1, 0.15) is 0 Å². The zero-order valence-corrected chi connectivity index (χ0v) is 6.20. The molecule has 0 aromatic carbocycles. The first-order valence-electron chi connectivity index (χ1n) is 3.18. The molecule has 1 N–H and O–H groups in total. The zero-order valence-electron chi connectivity index (χ0n) is 6.20. The van der Waals surface area contributed by atoms with Crippen LogP contribution in [0.25, 0.3) is 0 Å². The van der Waals surface area contributed by atoms with E-state index in [0.29, 0.717) is 5.56 Å². The Hall–Kier alpha value is -1.26. The number of Topliss-reactive ketones (excluding diaryl/α,β-unsaturated/α-hetero) is 1. The Labute approximate surface area is 66.4 Å². The Morgan fingerprint density at radius 2 is 2.08 bits per heavy atom. The molecule has 0 radical (unpaired) electrons. The number of rotatable bonds is 1. The van der Waals surface area contributed by atoms with Crippen LogP contribution in [0.3, 0.4) is 0 Å². The monoisotopic (exact) mass is 177 g/mol. The first-order valence-corrected chi connectivity index (χ1v) is 3.18. The predicted molar refractivity (Wildman–Crippen MR) is 35.9 cm³/mol. The summed E-state index contributed by atoms with van der Waals surface area (Å²) in [6.45, 7) is 1.60. The third kappa shape index (κ3) is 1.66. The molecule has 0 atom stereocenters. The average Bonchev–Trinajstić information content (AvgIpc) is 2.32. The van der Waals surface area contributed by atoms with Crippen molar-refractivity contribution < 1.29 is 18.0 Å². The SMILES string of the molecule is Cc1c[nH]c(C(=O)C(F)(F)F)c1. The van der Waals surface area contributed by atoms with Crippen LogP contribution in [0, 0.1) is 6.92 Å². The number of alkyl halides is 3. The Kier molecular flexibility index (Phi) is 1.95. The van der Waals surface area contributed by atoms with Crippen molar-refractivity contribution in [3.63, 3.8) is 0 Å². The van der Waals surface area contributed by atoms with Crippen LogP contribution in [0.1, 0.15) is 16.1 Å². The molecule has 1 aromatic heterocycles. The Morgan fingerprint density at radius 1 is 1.50 bits per heavy atom. The quantitative estimate of drug-likeness (QED) is 0.654. The van der Waals surface area contributed by atoms with Gasteiger partial charge in [-0.2, -0.15) is 13.2 Å². The lowest BCUT2D eigenvalue weighted by Gasteiger charge is -2.01. The highest BCUT2D eigenvalue weighted by molar-refractivity contribution is 5.98. The van der Waals surface area contributed by atoms with Crippen LogP contribution >= 0.6 is 0 Å². The van der Waals surface area contributed by atoms with Crippen LogP contribution in [0.5, 0.6) is 0 Å². The highest BCUT2D eigenvalue weighted by Crippen LogP contribution is 2.20. The molecule has 0 aliphatic carbocycles. The molecule has 66 valence electrons. The number of H-pyrrole nitrogens is 1.